The molecule has 4 nitrogen and oxygen atoms in total. The van der Waals surface area contributed by atoms with Crippen LogP contribution >= 0.6 is 11.8 Å². The average Bonchev–Trinajstić information content (AvgIpc) is 2.62. The molecular formula is C20H24N2O2S. The molecule has 0 aliphatic carbocycles. The van der Waals surface area contributed by atoms with Gasteiger partial charge in [0, 0.05) is 12.2 Å². The highest BCUT2D eigenvalue weighted by atomic mass is 32.2. The van der Waals surface area contributed by atoms with E-state index < -0.39 is 0 Å². The van der Waals surface area contributed by atoms with Gasteiger partial charge in [-0.2, -0.15) is 0 Å². The lowest BCUT2D eigenvalue weighted by molar-refractivity contribution is -0.118. The minimum atomic E-state index is -0.0979. The van der Waals surface area contributed by atoms with Crippen molar-refractivity contribution in [3.63, 3.8) is 0 Å². The Bertz CT molecular complexity index is 687. The maximum atomic E-state index is 11.9. The van der Waals surface area contributed by atoms with Crippen LogP contribution in [0.5, 0.6) is 0 Å². The van der Waals surface area contributed by atoms with E-state index in [0.717, 1.165) is 11.3 Å². The second kappa shape index (κ2) is 9.89. The first kappa shape index (κ1) is 19.1. The first-order chi connectivity index (χ1) is 12.0. The van der Waals surface area contributed by atoms with Crippen molar-refractivity contribution in [3.05, 3.63) is 65.7 Å². The Balaban J connectivity index is 1.63. The number of hydrogen-bond acceptors (Lipinski definition) is 3. The van der Waals surface area contributed by atoms with Gasteiger partial charge in [-0.3, -0.25) is 9.59 Å². The number of aryl methyl sites for hydroxylation is 1. The van der Waals surface area contributed by atoms with Crippen LogP contribution < -0.4 is 10.6 Å². The predicted molar refractivity (Wildman–Crippen MR) is 105 cm³/mol. The number of nitrogens with one attached hydrogen (secondary N) is 2. The Morgan fingerprint density at radius 2 is 1.60 bits per heavy atom. The summed E-state index contributed by atoms with van der Waals surface area (Å²) in [6.07, 6.45) is 0. The zero-order valence-electron chi connectivity index (χ0n) is 14.6. The minimum Gasteiger partial charge on any atom is -0.355 e. The van der Waals surface area contributed by atoms with E-state index in [1.807, 2.05) is 49.4 Å². The molecule has 0 saturated heterocycles. The average molecular weight is 356 g/mol. The van der Waals surface area contributed by atoms with Gasteiger partial charge in [-0.1, -0.05) is 55.0 Å². The van der Waals surface area contributed by atoms with Crippen molar-refractivity contribution in [2.24, 2.45) is 0 Å². The molecule has 0 radical (unpaired) electrons. The molecule has 0 bridgehead atoms. The van der Waals surface area contributed by atoms with E-state index in [9.17, 15) is 9.59 Å². The molecule has 0 saturated carbocycles. The highest BCUT2D eigenvalue weighted by molar-refractivity contribution is 8.00. The third-order valence-electron chi connectivity index (χ3n) is 3.78. The van der Waals surface area contributed by atoms with Crippen LogP contribution in [0.4, 0.5) is 5.69 Å². The van der Waals surface area contributed by atoms with Gasteiger partial charge < -0.3 is 10.6 Å². The Morgan fingerprint density at radius 3 is 2.28 bits per heavy atom. The molecule has 2 aromatic rings. The van der Waals surface area contributed by atoms with E-state index in [2.05, 4.69) is 29.7 Å². The van der Waals surface area contributed by atoms with Crippen LogP contribution in [0.3, 0.4) is 0 Å². The number of amides is 2. The van der Waals surface area contributed by atoms with Crippen molar-refractivity contribution in [3.8, 4) is 0 Å². The molecule has 5 heteroatoms. The van der Waals surface area contributed by atoms with Crippen LogP contribution in [0.25, 0.3) is 0 Å². The lowest BCUT2D eigenvalue weighted by atomic mass is 10.0. The van der Waals surface area contributed by atoms with Crippen molar-refractivity contribution in [1.82, 2.24) is 5.32 Å². The smallest absolute Gasteiger partial charge is 0.234 e. The number of benzene rings is 2. The van der Waals surface area contributed by atoms with Gasteiger partial charge in [0.2, 0.25) is 11.8 Å². The fourth-order valence-electron chi connectivity index (χ4n) is 2.29. The van der Waals surface area contributed by atoms with E-state index in [0.29, 0.717) is 6.54 Å². The Labute approximate surface area is 153 Å². The summed E-state index contributed by atoms with van der Waals surface area (Å²) in [5.74, 6) is 0.661. The van der Waals surface area contributed by atoms with Crippen LogP contribution in [0, 0.1) is 6.92 Å². The summed E-state index contributed by atoms with van der Waals surface area (Å²) in [5, 5.41) is 5.74. The summed E-state index contributed by atoms with van der Waals surface area (Å²) in [6, 6.07) is 17.7. The topological polar surface area (TPSA) is 58.2 Å². The molecule has 2 N–H and O–H groups in total. The van der Waals surface area contributed by atoms with Crippen LogP contribution in [0.1, 0.15) is 24.0 Å². The van der Waals surface area contributed by atoms with Gasteiger partial charge in [-0.25, -0.2) is 0 Å². The molecule has 2 aromatic carbocycles. The molecule has 25 heavy (non-hydrogen) atoms. The summed E-state index contributed by atoms with van der Waals surface area (Å²) in [7, 11) is 0. The minimum absolute atomic E-state index is 0.0454. The van der Waals surface area contributed by atoms with Crippen molar-refractivity contribution in [2.75, 3.05) is 23.4 Å². The molecule has 0 aliphatic heterocycles. The normalized spacial score (nSPS) is 11.6. The van der Waals surface area contributed by atoms with Crippen LogP contribution in [-0.4, -0.2) is 29.9 Å². The molecule has 0 heterocycles. The Hall–Kier alpha value is -2.27. The van der Waals surface area contributed by atoms with E-state index in [1.54, 1.807) is 0 Å². The van der Waals surface area contributed by atoms with Crippen molar-refractivity contribution in [1.29, 1.82) is 0 Å². The van der Waals surface area contributed by atoms with Crippen LogP contribution in [0.2, 0.25) is 0 Å². The van der Waals surface area contributed by atoms with Crippen molar-refractivity contribution < 1.29 is 9.59 Å². The monoisotopic (exact) mass is 356 g/mol. The Morgan fingerprint density at radius 1 is 0.960 bits per heavy atom. The zero-order chi connectivity index (χ0) is 18.1. The molecule has 0 spiro atoms. The van der Waals surface area contributed by atoms with Gasteiger partial charge >= 0.3 is 0 Å². The first-order valence-corrected chi connectivity index (χ1v) is 9.46. The summed E-state index contributed by atoms with van der Waals surface area (Å²) < 4.78 is 0. The van der Waals surface area contributed by atoms with Crippen LogP contribution in [-0.2, 0) is 9.59 Å². The first-order valence-electron chi connectivity index (χ1n) is 8.30. The SMILES string of the molecule is Cc1ccc(NC(=O)CSCC(=O)NCC(C)c2ccccc2)cc1. The number of thioether (sulfide) groups is 1. The fourth-order valence-corrected chi connectivity index (χ4v) is 2.93. The lowest BCUT2D eigenvalue weighted by Crippen LogP contribution is -2.29. The van der Waals surface area contributed by atoms with Gasteiger partial charge in [-0.15, -0.1) is 11.8 Å². The summed E-state index contributed by atoms with van der Waals surface area (Å²) in [4.78, 5) is 23.8. The highest BCUT2D eigenvalue weighted by Crippen LogP contribution is 2.13. The van der Waals surface area contributed by atoms with Crippen LogP contribution in [0.15, 0.2) is 54.6 Å². The number of hydrogen-bond donors (Lipinski definition) is 2. The number of carbonyl (C=O) groups is 2. The molecule has 2 rings (SSSR count). The number of rotatable bonds is 8. The largest absolute Gasteiger partial charge is 0.355 e. The highest BCUT2D eigenvalue weighted by Gasteiger charge is 2.09. The summed E-state index contributed by atoms with van der Waals surface area (Å²) in [6.45, 7) is 4.68. The molecule has 0 aromatic heterocycles. The van der Waals surface area contributed by atoms with Crippen molar-refractivity contribution in [2.45, 2.75) is 19.8 Å². The quantitative estimate of drug-likeness (QED) is 0.760. The van der Waals surface area contributed by atoms with E-state index in [4.69, 9.17) is 0 Å². The standard InChI is InChI=1S/C20H24N2O2S/c1-15-8-10-18(11-9-15)22-20(24)14-25-13-19(23)21-12-16(2)17-6-4-3-5-7-17/h3-11,16H,12-14H2,1-2H3,(H,21,23)(H,22,24). The number of anilines is 1. The predicted octanol–water partition coefficient (Wildman–Crippen LogP) is 3.59. The molecule has 0 aliphatic rings. The van der Waals surface area contributed by atoms with Crippen molar-refractivity contribution >= 4 is 29.3 Å². The summed E-state index contributed by atoms with van der Waals surface area (Å²) >= 11 is 1.32. The molecule has 1 atom stereocenters. The molecule has 0 fully saturated rings. The fraction of sp³-hybridized carbons (Fsp3) is 0.300. The lowest BCUT2D eigenvalue weighted by Gasteiger charge is -2.13. The van der Waals surface area contributed by atoms with E-state index in [-0.39, 0.29) is 29.2 Å². The summed E-state index contributed by atoms with van der Waals surface area (Å²) in [5.41, 5.74) is 3.12. The van der Waals surface area contributed by atoms with E-state index in [1.165, 1.54) is 17.3 Å². The molecule has 132 valence electrons. The second-order valence-corrected chi connectivity index (χ2v) is 7.01. The maximum absolute atomic E-state index is 11.9. The third-order valence-corrected chi connectivity index (χ3v) is 4.71. The second-order valence-electron chi connectivity index (χ2n) is 6.02. The van der Waals surface area contributed by atoms with Gasteiger partial charge in [0.1, 0.15) is 0 Å². The molecule has 1 unspecified atom stereocenters. The van der Waals surface area contributed by atoms with Gasteiger partial charge in [0.05, 0.1) is 11.5 Å². The third kappa shape index (κ3) is 7.01. The van der Waals surface area contributed by atoms with Gasteiger partial charge in [-0.05, 0) is 30.5 Å². The molecular weight excluding hydrogens is 332 g/mol. The Kier molecular flexibility index (Phi) is 7.54. The van der Waals surface area contributed by atoms with Gasteiger partial charge in [0.25, 0.3) is 0 Å². The van der Waals surface area contributed by atoms with Gasteiger partial charge in [0.15, 0.2) is 0 Å². The maximum Gasteiger partial charge on any atom is 0.234 e. The zero-order valence-corrected chi connectivity index (χ0v) is 15.4. The number of carbonyl (C=O) groups excluding carboxylic acids is 2. The molecule has 2 amide bonds. The van der Waals surface area contributed by atoms with E-state index >= 15 is 0 Å².